The first kappa shape index (κ1) is 14.3. The molecule has 6 nitrogen and oxygen atoms in total. The predicted octanol–water partition coefficient (Wildman–Crippen LogP) is 1.63. The second kappa shape index (κ2) is 6.87. The van der Waals surface area contributed by atoms with Crippen molar-refractivity contribution in [1.29, 1.82) is 0 Å². The second-order valence-electron chi connectivity index (χ2n) is 5.66. The van der Waals surface area contributed by atoms with Crippen molar-refractivity contribution in [3.05, 3.63) is 36.2 Å². The molecule has 1 saturated heterocycles. The van der Waals surface area contributed by atoms with Crippen LogP contribution in [0.2, 0.25) is 0 Å². The van der Waals surface area contributed by atoms with Crippen molar-refractivity contribution < 1.29 is 4.74 Å². The largest absolute Gasteiger partial charge is 0.383 e. The Hall–Kier alpha value is -1.66. The zero-order chi connectivity index (χ0) is 14.5. The van der Waals surface area contributed by atoms with Crippen LogP contribution >= 0.6 is 0 Å². The molecule has 21 heavy (non-hydrogen) atoms. The van der Waals surface area contributed by atoms with E-state index in [1.54, 1.807) is 7.11 Å². The molecule has 0 aliphatic carbocycles. The van der Waals surface area contributed by atoms with E-state index in [1.807, 2.05) is 18.7 Å². The lowest BCUT2D eigenvalue weighted by atomic mass is 9.95. The second-order valence-corrected chi connectivity index (χ2v) is 5.66. The summed E-state index contributed by atoms with van der Waals surface area (Å²) in [4.78, 5) is 6.78. The highest BCUT2D eigenvalue weighted by molar-refractivity contribution is 5.08. The summed E-state index contributed by atoms with van der Waals surface area (Å²) < 4.78 is 7.34. The Bertz CT molecular complexity index is 536. The first-order chi connectivity index (χ1) is 10.4. The van der Waals surface area contributed by atoms with Gasteiger partial charge in [-0.3, -0.25) is 10.00 Å². The van der Waals surface area contributed by atoms with Gasteiger partial charge in [-0.15, -0.1) is 0 Å². The van der Waals surface area contributed by atoms with Crippen molar-refractivity contribution >= 4 is 0 Å². The fourth-order valence-electron chi connectivity index (χ4n) is 3.05. The molecule has 114 valence electrons. The van der Waals surface area contributed by atoms with Gasteiger partial charge in [0, 0.05) is 50.7 Å². The Labute approximate surface area is 125 Å². The molecule has 0 radical (unpaired) electrons. The summed E-state index contributed by atoms with van der Waals surface area (Å²) in [5.41, 5.74) is 2.52. The van der Waals surface area contributed by atoms with Crippen LogP contribution in [-0.2, 0) is 17.8 Å². The molecule has 0 unspecified atom stereocenters. The maximum absolute atomic E-state index is 5.15. The molecular weight excluding hydrogens is 266 g/mol. The van der Waals surface area contributed by atoms with Crippen LogP contribution in [0.4, 0.5) is 0 Å². The van der Waals surface area contributed by atoms with E-state index >= 15 is 0 Å². The number of nitrogens with one attached hydrogen (secondary N) is 1. The Balaban J connectivity index is 1.61. The lowest BCUT2D eigenvalue weighted by Gasteiger charge is -2.32. The molecule has 6 heteroatoms. The zero-order valence-electron chi connectivity index (χ0n) is 12.5. The molecule has 3 heterocycles. The summed E-state index contributed by atoms with van der Waals surface area (Å²) in [6, 6.07) is 2.09. The quantitative estimate of drug-likeness (QED) is 0.878. The highest BCUT2D eigenvalue weighted by atomic mass is 16.5. The van der Waals surface area contributed by atoms with Crippen molar-refractivity contribution in [2.24, 2.45) is 0 Å². The maximum atomic E-state index is 5.15. The summed E-state index contributed by atoms with van der Waals surface area (Å²) >= 11 is 0. The number of likely N-dealkylation sites (tertiary alicyclic amines) is 1. The molecule has 0 spiro atoms. The molecule has 0 aromatic carbocycles. The van der Waals surface area contributed by atoms with E-state index in [9.17, 15) is 0 Å². The molecule has 1 aliphatic heterocycles. The minimum Gasteiger partial charge on any atom is -0.383 e. The van der Waals surface area contributed by atoms with E-state index in [0.717, 1.165) is 32.8 Å². The van der Waals surface area contributed by atoms with E-state index in [-0.39, 0.29) is 0 Å². The predicted molar refractivity (Wildman–Crippen MR) is 79.9 cm³/mol. The SMILES string of the molecule is COCCn1cncc1CN1CCC[C@H](c2ccn[nH]2)C1. The first-order valence-corrected chi connectivity index (χ1v) is 7.56. The standard InChI is InChI=1S/C15H23N5O/c1-21-8-7-20-12-16-9-14(20)11-19-6-2-3-13(10-19)15-4-5-17-18-15/h4-5,9,12-13H,2-3,6-8,10-11H2,1H3,(H,17,18)/t13-/m0/s1. The summed E-state index contributed by atoms with van der Waals surface area (Å²) in [5.74, 6) is 0.566. The number of hydrogen-bond acceptors (Lipinski definition) is 4. The number of piperidine rings is 1. The Kier molecular flexibility index (Phi) is 4.67. The van der Waals surface area contributed by atoms with Gasteiger partial charge in [0.05, 0.1) is 18.6 Å². The van der Waals surface area contributed by atoms with Crippen LogP contribution in [0.3, 0.4) is 0 Å². The highest BCUT2D eigenvalue weighted by Gasteiger charge is 2.22. The molecule has 1 atom stereocenters. The zero-order valence-corrected chi connectivity index (χ0v) is 12.5. The van der Waals surface area contributed by atoms with Crippen molar-refractivity contribution in [2.45, 2.75) is 31.8 Å². The van der Waals surface area contributed by atoms with Crippen LogP contribution in [0.5, 0.6) is 0 Å². The lowest BCUT2D eigenvalue weighted by molar-refractivity contribution is 0.177. The number of hydrogen-bond donors (Lipinski definition) is 1. The van der Waals surface area contributed by atoms with Crippen LogP contribution in [-0.4, -0.2) is 51.5 Å². The third kappa shape index (κ3) is 3.51. The average molecular weight is 289 g/mol. The van der Waals surface area contributed by atoms with Gasteiger partial charge in [-0.05, 0) is 25.5 Å². The molecule has 1 fully saturated rings. The van der Waals surface area contributed by atoms with E-state index in [2.05, 4.69) is 30.7 Å². The lowest BCUT2D eigenvalue weighted by Crippen LogP contribution is -2.34. The van der Waals surface area contributed by atoms with Gasteiger partial charge in [0.1, 0.15) is 0 Å². The summed E-state index contributed by atoms with van der Waals surface area (Å²) in [5, 5.41) is 7.19. The summed E-state index contributed by atoms with van der Waals surface area (Å²) in [6.07, 6.45) is 8.17. The minimum atomic E-state index is 0.566. The molecule has 2 aromatic rings. The van der Waals surface area contributed by atoms with Crippen molar-refractivity contribution in [3.8, 4) is 0 Å². The molecule has 0 amide bonds. The normalized spacial score (nSPS) is 20.0. The van der Waals surface area contributed by atoms with Crippen LogP contribution in [0.25, 0.3) is 0 Å². The Morgan fingerprint density at radius 2 is 2.43 bits per heavy atom. The molecule has 1 aliphatic rings. The van der Waals surface area contributed by atoms with E-state index < -0.39 is 0 Å². The van der Waals surface area contributed by atoms with Gasteiger partial charge in [-0.25, -0.2) is 4.98 Å². The van der Waals surface area contributed by atoms with Gasteiger partial charge < -0.3 is 9.30 Å². The minimum absolute atomic E-state index is 0.566. The molecule has 0 saturated carbocycles. The fourth-order valence-corrected chi connectivity index (χ4v) is 3.05. The third-order valence-corrected chi connectivity index (χ3v) is 4.19. The van der Waals surface area contributed by atoms with Gasteiger partial charge in [0.2, 0.25) is 0 Å². The molecule has 1 N–H and O–H groups in total. The van der Waals surface area contributed by atoms with Crippen LogP contribution in [0.15, 0.2) is 24.8 Å². The van der Waals surface area contributed by atoms with E-state index in [0.29, 0.717) is 5.92 Å². The molecule has 2 aromatic heterocycles. The molecule has 3 rings (SSSR count). The van der Waals surface area contributed by atoms with E-state index in [1.165, 1.54) is 24.2 Å². The van der Waals surface area contributed by atoms with Gasteiger partial charge >= 0.3 is 0 Å². The van der Waals surface area contributed by atoms with Gasteiger partial charge in [-0.1, -0.05) is 0 Å². The Morgan fingerprint density at radius 1 is 1.48 bits per heavy atom. The smallest absolute Gasteiger partial charge is 0.0949 e. The number of ether oxygens (including phenoxy) is 1. The van der Waals surface area contributed by atoms with Crippen molar-refractivity contribution in [3.63, 3.8) is 0 Å². The Morgan fingerprint density at radius 3 is 3.24 bits per heavy atom. The number of H-pyrrole nitrogens is 1. The monoisotopic (exact) mass is 289 g/mol. The van der Waals surface area contributed by atoms with Gasteiger partial charge in [0.15, 0.2) is 0 Å². The number of methoxy groups -OCH3 is 1. The number of aromatic nitrogens is 4. The highest BCUT2D eigenvalue weighted by Crippen LogP contribution is 2.26. The van der Waals surface area contributed by atoms with Gasteiger partial charge in [0.25, 0.3) is 0 Å². The summed E-state index contributed by atoms with van der Waals surface area (Å²) in [6.45, 7) is 4.77. The topological polar surface area (TPSA) is 59.0 Å². The molecular formula is C15H23N5O. The molecule has 0 bridgehead atoms. The average Bonchev–Trinajstić information content (AvgIpc) is 3.17. The van der Waals surface area contributed by atoms with Crippen LogP contribution in [0.1, 0.15) is 30.1 Å². The maximum Gasteiger partial charge on any atom is 0.0949 e. The van der Waals surface area contributed by atoms with E-state index in [4.69, 9.17) is 4.74 Å². The fraction of sp³-hybridized carbons (Fsp3) is 0.600. The van der Waals surface area contributed by atoms with Gasteiger partial charge in [-0.2, -0.15) is 5.10 Å². The van der Waals surface area contributed by atoms with Crippen LogP contribution in [0, 0.1) is 0 Å². The number of imidazole rings is 1. The number of rotatable bonds is 6. The van der Waals surface area contributed by atoms with Crippen molar-refractivity contribution in [2.75, 3.05) is 26.8 Å². The first-order valence-electron chi connectivity index (χ1n) is 7.56. The third-order valence-electron chi connectivity index (χ3n) is 4.19. The summed E-state index contributed by atoms with van der Waals surface area (Å²) in [7, 11) is 1.73. The number of aromatic amines is 1. The number of nitrogens with zero attached hydrogens (tertiary/aromatic N) is 4. The van der Waals surface area contributed by atoms with Crippen LogP contribution < -0.4 is 0 Å². The van der Waals surface area contributed by atoms with Crippen molar-refractivity contribution in [1.82, 2.24) is 24.6 Å².